The summed E-state index contributed by atoms with van der Waals surface area (Å²) in [6.07, 6.45) is 0. The molecule has 0 unspecified atom stereocenters. The van der Waals surface area contributed by atoms with Crippen molar-refractivity contribution in [3.63, 3.8) is 0 Å². The fourth-order valence-electron chi connectivity index (χ4n) is 2.93. The number of hydrogen-bond donors (Lipinski definition) is 0. The van der Waals surface area contributed by atoms with Crippen LogP contribution in [0, 0.1) is 0 Å². The van der Waals surface area contributed by atoms with Gasteiger partial charge < -0.3 is 9.05 Å². The maximum atomic E-state index is 13.0. The van der Waals surface area contributed by atoms with E-state index >= 15 is 0 Å². The Hall–Kier alpha value is -1.77. The van der Waals surface area contributed by atoms with E-state index in [9.17, 15) is 4.57 Å². The Morgan fingerprint density at radius 3 is 1.46 bits per heavy atom. The zero-order chi connectivity index (χ0) is 17.3. The van der Waals surface area contributed by atoms with Crippen molar-refractivity contribution < 1.29 is 13.6 Å². The molecule has 0 aliphatic carbocycles. The Kier molecular flexibility index (Phi) is 5.74. The van der Waals surface area contributed by atoms with Gasteiger partial charge in [-0.2, -0.15) is 0 Å². The number of hydrogen-bond acceptors (Lipinski definition) is 3. The first-order valence-electron chi connectivity index (χ1n) is 8.05. The molecule has 4 aromatic rings. The fourth-order valence-corrected chi connectivity index (χ4v) is 4.00. The summed E-state index contributed by atoms with van der Waals surface area (Å²) in [4.78, 5) is 0. The molecule has 0 aromatic heterocycles. The van der Waals surface area contributed by atoms with Crippen molar-refractivity contribution in [1.29, 1.82) is 0 Å². The van der Waals surface area contributed by atoms with Crippen LogP contribution in [-0.2, 0) is 4.57 Å². The molecule has 0 radical (unpaired) electrons. The Morgan fingerprint density at radius 2 is 1.00 bits per heavy atom. The van der Waals surface area contributed by atoms with Crippen LogP contribution < -0.4 is 9.05 Å². The SMILES string of the molecule is CP(=O)(Oc1cccc2ccccc12)Oc1cccc2ccccc12.[NaH]. The second-order valence-corrected chi connectivity index (χ2v) is 7.82. The fraction of sp³-hybridized carbons (Fsp3) is 0.0476. The first kappa shape index (κ1) is 19.0. The van der Waals surface area contributed by atoms with E-state index in [4.69, 9.17) is 9.05 Å². The molecule has 0 atom stereocenters. The minimum atomic E-state index is -3.35. The van der Waals surface area contributed by atoms with Gasteiger partial charge in [-0.25, -0.2) is 4.57 Å². The molecular weight excluding hydrogens is 354 g/mol. The standard InChI is InChI=1S/C21H17O3P.Na.H/c1-25(22,23-20-14-6-10-16-8-2-4-12-18(16)20)24-21-15-7-11-17-9-3-5-13-19(17)21;;/h2-15H,1H3;;. The van der Waals surface area contributed by atoms with E-state index in [2.05, 4.69) is 0 Å². The van der Waals surface area contributed by atoms with Crippen molar-refractivity contribution >= 4 is 58.7 Å². The topological polar surface area (TPSA) is 35.5 Å². The molecule has 4 aromatic carbocycles. The summed E-state index contributed by atoms with van der Waals surface area (Å²) in [7, 11) is -3.35. The van der Waals surface area contributed by atoms with Crippen molar-refractivity contribution in [3.05, 3.63) is 84.9 Å². The van der Waals surface area contributed by atoms with Gasteiger partial charge in [-0.3, -0.25) is 0 Å². The first-order chi connectivity index (χ1) is 12.1. The minimum absolute atomic E-state index is 0. The molecule has 5 heteroatoms. The van der Waals surface area contributed by atoms with Crippen LogP contribution in [0.4, 0.5) is 0 Å². The predicted octanol–water partition coefficient (Wildman–Crippen LogP) is 5.63. The maximum absolute atomic E-state index is 13.0. The van der Waals surface area contributed by atoms with Crippen LogP contribution in [0.25, 0.3) is 21.5 Å². The third kappa shape index (κ3) is 3.97. The van der Waals surface area contributed by atoms with E-state index in [0.717, 1.165) is 21.5 Å². The molecule has 0 bridgehead atoms. The van der Waals surface area contributed by atoms with Gasteiger partial charge in [-0.05, 0) is 22.9 Å². The molecule has 0 fully saturated rings. The van der Waals surface area contributed by atoms with E-state index in [0.29, 0.717) is 11.5 Å². The van der Waals surface area contributed by atoms with Crippen molar-refractivity contribution in [3.8, 4) is 11.5 Å². The Bertz CT molecular complexity index is 1010. The first-order valence-corrected chi connectivity index (χ1v) is 10.0. The van der Waals surface area contributed by atoms with Crippen LogP contribution in [0.2, 0.25) is 0 Å². The van der Waals surface area contributed by atoms with E-state index < -0.39 is 7.60 Å². The molecule has 0 saturated carbocycles. The number of benzene rings is 4. The molecule has 0 amide bonds. The van der Waals surface area contributed by atoms with Crippen molar-refractivity contribution in [2.24, 2.45) is 0 Å². The van der Waals surface area contributed by atoms with Gasteiger partial charge in [0.1, 0.15) is 11.5 Å². The van der Waals surface area contributed by atoms with Crippen LogP contribution >= 0.6 is 7.60 Å². The average molecular weight is 372 g/mol. The van der Waals surface area contributed by atoms with Gasteiger partial charge in [0, 0.05) is 10.8 Å². The van der Waals surface area contributed by atoms with Gasteiger partial charge in [0.15, 0.2) is 0 Å². The summed E-state index contributed by atoms with van der Waals surface area (Å²) >= 11 is 0. The molecule has 0 N–H and O–H groups in total. The van der Waals surface area contributed by atoms with Crippen molar-refractivity contribution in [2.75, 3.05) is 6.66 Å². The summed E-state index contributed by atoms with van der Waals surface area (Å²) in [6.45, 7) is 1.50. The van der Waals surface area contributed by atoms with Gasteiger partial charge in [0.2, 0.25) is 0 Å². The van der Waals surface area contributed by atoms with Gasteiger partial charge >= 0.3 is 37.2 Å². The van der Waals surface area contributed by atoms with Gasteiger partial charge in [0.25, 0.3) is 0 Å². The average Bonchev–Trinajstić information content (AvgIpc) is 2.62. The Labute approximate surface area is 174 Å². The Morgan fingerprint density at radius 1 is 0.615 bits per heavy atom. The van der Waals surface area contributed by atoms with E-state index in [1.807, 2.05) is 84.9 Å². The van der Waals surface area contributed by atoms with Crippen LogP contribution in [0.15, 0.2) is 84.9 Å². The summed E-state index contributed by atoms with van der Waals surface area (Å²) in [6, 6.07) is 27.1. The summed E-state index contributed by atoms with van der Waals surface area (Å²) in [5.41, 5.74) is 0. The summed E-state index contributed by atoms with van der Waals surface area (Å²) in [5, 5.41) is 3.89. The van der Waals surface area contributed by atoms with Gasteiger partial charge in [0.05, 0.1) is 6.66 Å². The normalized spacial score (nSPS) is 11.1. The molecule has 0 aliphatic heterocycles. The molecule has 0 heterocycles. The molecule has 0 saturated heterocycles. The third-order valence-electron chi connectivity index (χ3n) is 4.03. The second kappa shape index (κ2) is 7.85. The summed E-state index contributed by atoms with van der Waals surface area (Å²) in [5.74, 6) is 1.12. The van der Waals surface area contributed by atoms with E-state index in [-0.39, 0.29) is 29.6 Å². The molecule has 0 aliphatic rings. The quantitative estimate of drug-likeness (QED) is 0.344. The molecule has 3 nitrogen and oxygen atoms in total. The van der Waals surface area contributed by atoms with Crippen molar-refractivity contribution in [1.82, 2.24) is 0 Å². The van der Waals surface area contributed by atoms with Gasteiger partial charge in [-0.1, -0.05) is 72.8 Å². The Balaban J connectivity index is 0.00000196. The van der Waals surface area contributed by atoms with Crippen LogP contribution in [0.5, 0.6) is 11.5 Å². The van der Waals surface area contributed by atoms with E-state index in [1.54, 1.807) is 0 Å². The molecule has 4 rings (SSSR count). The molecule has 126 valence electrons. The zero-order valence-electron chi connectivity index (χ0n) is 13.8. The third-order valence-corrected chi connectivity index (χ3v) is 5.08. The molecule has 0 spiro atoms. The van der Waals surface area contributed by atoms with Crippen LogP contribution in [0.3, 0.4) is 0 Å². The van der Waals surface area contributed by atoms with Crippen LogP contribution in [0.1, 0.15) is 0 Å². The van der Waals surface area contributed by atoms with Crippen LogP contribution in [-0.4, -0.2) is 36.2 Å². The second-order valence-electron chi connectivity index (χ2n) is 5.91. The monoisotopic (exact) mass is 372 g/mol. The zero-order valence-corrected chi connectivity index (χ0v) is 14.6. The van der Waals surface area contributed by atoms with Crippen molar-refractivity contribution in [2.45, 2.75) is 0 Å². The predicted molar refractivity (Wildman–Crippen MR) is 110 cm³/mol. The summed E-state index contributed by atoms with van der Waals surface area (Å²) < 4.78 is 24.6. The number of rotatable bonds is 4. The van der Waals surface area contributed by atoms with Gasteiger partial charge in [-0.15, -0.1) is 0 Å². The molecule has 26 heavy (non-hydrogen) atoms. The van der Waals surface area contributed by atoms with E-state index in [1.165, 1.54) is 6.66 Å². The number of fused-ring (bicyclic) bond motifs is 2. The molecular formula is C21H18NaO3P.